The number of carboxylic acids is 1. The van der Waals surface area contributed by atoms with Crippen molar-refractivity contribution in [1.82, 2.24) is 15.3 Å². The van der Waals surface area contributed by atoms with E-state index in [9.17, 15) is 9.59 Å². The average molecular weight is 307 g/mol. The molecule has 7 heteroatoms. The number of H-pyrrole nitrogens is 1. The number of hydrogen-bond donors (Lipinski definition) is 3. The zero-order valence-corrected chi connectivity index (χ0v) is 13.1. The van der Waals surface area contributed by atoms with Crippen LogP contribution in [0.15, 0.2) is 11.6 Å². The van der Waals surface area contributed by atoms with Crippen LogP contribution in [0.4, 0.5) is 0 Å². The van der Waals surface area contributed by atoms with Crippen molar-refractivity contribution in [2.45, 2.75) is 33.2 Å². The number of aromatic nitrogens is 2. The standard InChI is InChI=1S/C14H17N3O3S/c1-7-9(8(2)16-10(7)12(19)20)11(18)17-14(3,4)13-15-5-6-21-13/h5-6,16H,1-4H3,(H,17,18)(H,19,20). The quantitative estimate of drug-likeness (QED) is 0.808. The van der Waals surface area contributed by atoms with E-state index in [4.69, 9.17) is 5.11 Å². The molecule has 0 bridgehead atoms. The third-order valence-corrected chi connectivity index (χ3v) is 4.37. The maximum absolute atomic E-state index is 12.5. The zero-order valence-electron chi connectivity index (χ0n) is 12.3. The minimum absolute atomic E-state index is 0.0460. The van der Waals surface area contributed by atoms with Gasteiger partial charge in [0.25, 0.3) is 5.91 Å². The molecule has 2 aromatic rings. The van der Waals surface area contributed by atoms with Crippen molar-refractivity contribution in [3.63, 3.8) is 0 Å². The number of thiazole rings is 1. The molecule has 0 aliphatic rings. The highest BCUT2D eigenvalue weighted by Gasteiger charge is 2.29. The van der Waals surface area contributed by atoms with Crippen LogP contribution in [0.1, 0.15) is 51.0 Å². The molecule has 21 heavy (non-hydrogen) atoms. The second kappa shape index (κ2) is 5.33. The van der Waals surface area contributed by atoms with E-state index in [1.807, 2.05) is 19.2 Å². The van der Waals surface area contributed by atoms with Crippen LogP contribution in [-0.4, -0.2) is 27.0 Å². The lowest BCUT2D eigenvalue weighted by Crippen LogP contribution is -2.41. The Morgan fingerprint density at radius 2 is 2.05 bits per heavy atom. The lowest BCUT2D eigenvalue weighted by Gasteiger charge is -2.24. The Kier molecular flexibility index (Phi) is 3.87. The van der Waals surface area contributed by atoms with E-state index in [1.165, 1.54) is 11.3 Å². The second-order valence-corrected chi connectivity index (χ2v) is 6.24. The van der Waals surface area contributed by atoms with Gasteiger partial charge in [-0.1, -0.05) is 0 Å². The molecule has 0 radical (unpaired) electrons. The van der Waals surface area contributed by atoms with Crippen molar-refractivity contribution in [2.75, 3.05) is 0 Å². The van der Waals surface area contributed by atoms with Gasteiger partial charge in [0.1, 0.15) is 10.7 Å². The number of rotatable bonds is 4. The van der Waals surface area contributed by atoms with Gasteiger partial charge in [0.15, 0.2) is 0 Å². The Labute approximate surface area is 126 Å². The van der Waals surface area contributed by atoms with E-state index < -0.39 is 11.5 Å². The minimum atomic E-state index is -1.08. The van der Waals surface area contributed by atoms with E-state index >= 15 is 0 Å². The van der Waals surface area contributed by atoms with E-state index in [-0.39, 0.29) is 11.6 Å². The normalized spacial score (nSPS) is 11.4. The number of nitrogens with one attached hydrogen (secondary N) is 2. The fraction of sp³-hybridized carbons (Fsp3) is 0.357. The highest BCUT2D eigenvalue weighted by molar-refractivity contribution is 7.09. The van der Waals surface area contributed by atoms with E-state index in [1.54, 1.807) is 20.0 Å². The van der Waals surface area contributed by atoms with Crippen molar-refractivity contribution in [1.29, 1.82) is 0 Å². The lowest BCUT2D eigenvalue weighted by atomic mass is 10.0. The minimum Gasteiger partial charge on any atom is -0.477 e. The summed E-state index contributed by atoms with van der Waals surface area (Å²) in [5.74, 6) is -1.39. The summed E-state index contributed by atoms with van der Waals surface area (Å²) < 4.78 is 0. The summed E-state index contributed by atoms with van der Waals surface area (Å²) in [6.45, 7) is 7.03. The number of aromatic amines is 1. The molecular weight excluding hydrogens is 290 g/mol. The second-order valence-electron chi connectivity index (χ2n) is 5.35. The first-order valence-electron chi connectivity index (χ1n) is 6.39. The third kappa shape index (κ3) is 2.82. The molecule has 1 amide bonds. The monoisotopic (exact) mass is 307 g/mol. The first kappa shape index (κ1) is 15.2. The Hall–Kier alpha value is -2.15. The highest BCUT2D eigenvalue weighted by atomic mass is 32.1. The molecule has 0 saturated heterocycles. The van der Waals surface area contributed by atoms with E-state index in [0.29, 0.717) is 16.8 Å². The topological polar surface area (TPSA) is 95.1 Å². The van der Waals surface area contributed by atoms with Crippen LogP contribution in [0.3, 0.4) is 0 Å². The number of nitrogens with zero attached hydrogens (tertiary/aromatic N) is 1. The van der Waals surface area contributed by atoms with Gasteiger partial charge >= 0.3 is 5.97 Å². The number of carbonyl (C=O) groups excluding carboxylic acids is 1. The van der Waals surface area contributed by atoms with Crippen molar-refractivity contribution in [2.24, 2.45) is 0 Å². The summed E-state index contributed by atoms with van der Waals surface area (Å²) in [5.41, 5.74) is 0.775. The molecule has 3 N–H and O–H groups in total. The van der Waals surface area contributed by atoms with Crippen LogP contribution >= 0.6 is 11.3 Å². The molecule has 0 aliphatic heterocycles. The van der Waals surface area contributed by atoms with Crippen molar-refractivity contribution < 1.29 is 14.7 Å². The van der Waals surface area contributed by atoms with E-state index in [2.05, 4.69) is 15.3 Å². The Morgan fingerprint density at radius 1 is 1.38 bits per heavy atom. The summed E-state index contributed by atoms with van der Waals surface area (Å²) in [7, 11) is 0. The van der Waals surface area contributed by atoms with Crippen molar-refractivity contribution in [3.05, 3.63) is 39.1 Å². The van der Waals surface area contributed by atoms with Crippen LogP contribution < -0.4 is 5.32 Å². The predicted octanol–water partition coefficient (Wildman–Crippen LogP) is 2.45. The molecule has 112 valence electrons. The molecule has 0 fully saturated rings. The van der Waals surface area contributed by atoms with E-state index in [0.717, 1.165) is 5.01 Å². The van der Waals surface area contributed by atoms with Gasteiger partial charge in [-0.3, -0.25) is 4.79 Å². The third-order valence-electron chi connectivity index (χ3n) is 3.27. The number of aromatic carboxylic acids is 1. The Balaban J connectivity index is 2.32. The number of aryl methyl sites for hydroxylation is 1. The van der Waals surface area contributed by atoms with Crippen molar-refractivity contribution in [3.8, 4) is 0 Å². The largest absolute Gasteiger partial charge is 0.477 e. The summed E-state index contributed by atoms with van der Waals surface area (Å²) in [5, 5.41) is 14.6. The van der Waals surface area contributed by atoms with Gasteiger partial charge in [0.05, 0.1) is 11.1 Å². The maximum Gasteiger partial charge on any atom is 0.352 e. The molecule has 0 saturated carbocycles. The maximum atomic E-state index is 12.5. The first-order chi connectivity index (χ1) is 9.74. The van der Waals surface area contributed by atoms with Gasteiger partial charge in [0.2, 0.25) is 0 Å². The highest BCUT2D eigenvalue weighted by Crippen LogP contribution is 2.24. The van der Waals surface area contributed by atoms with Gasteiger partial charge in [-0.15, -0.1) is 11.3 Å². The molecule has 2 rings (SSSR count). The van der Waals surface area contributed by atoms with Gasteiger partial charge in [0, 0.05) is 17.3 Å². The first-order valence-corrected chi connectivity index (χ1v) is 7.27. The Morgan fingerprint density at radius 3 is 2.52 bits per heavy atom. The fourth-order valence-corrected chi connectivity index (χ4v) is 2.95. The molecule has 0 unspecified atom stereocenters. The lowest BCUT2D eigenvalue weighted by molar-refractivity contribution is 0.0690. The van der Waals surface area contributed by atoms with Gasteiger partial charge in [-0.2, -0.15) is 0 Å². The molecule has 2 aromatic heterocycles. The fourth-order valence-electron chi connectivity index (χ4n) is 2.24. The summed E-state index contributed by atoms with van der Waals surface area (Å²) in [6, 6.07) is 0. The van der Waals surface area contributed by atoms with Gasteiger partial charge in [-0.25, -0.2) is 9.78 Å². The van der Waals surface area contributed by atoms with Crippen molar-refractivity contribution >= 4 is 23.2 Å². The molecule has 0 aromatic carbocycles. The zero-order chi connectivity index (χ0) is 15.8. The number of carbonyl (C=O) groups is 2. The number of amides is 1. The SMILES string of the molecule is Cc1[nH]c(C(=O)O)c(C)c1C(=O)NC(C)(C)c1nccs1. The molecule has 6 nitrogen and oxygen atoms in total. The summed E-state index contributed by atoms with van der Waals surface area (Å²) in [6.07, 6.45) is 1.68. The van der Waals surface area contributed by atoms with Crippen LogP contribution in [-0.2, 0) is 5.54 Å². The number of hydrogen-bond acceptors (Lipinski definition) is 4. The van der Waals surface area contributed by atoms with Crippen LogP contribution in [0.2, 0.25) is 0 Å². The van der Waals surface area contributed by atoms with Gasteiger partial charge < -0.3 is 15.4 Å². The molecular formula is C14H17N3O3S. The molecule has 0 atom stereocenters. The van der Waals surface area contributed by atoms with Crippen LogP contribution in [0.5, 0.6) is 0 Å². The molecule has 0 aliphatic carbocycles. The molecule has 2 heterocycles. The van der Waals surface area contributed by atoms with Crippen LogP contribution in [0, 0.1) is 13.8 Å². The summed E-state index contributed by atoms with van der Waals surface area (Å²) in [4.78, 5) is 30.6. The summed E-state index contributed by atoms with van der Waals surface area (Å²) >= 11 is 1.46. The predicted molar refractivity (Wildman–Crippen MR) is 79.8 cm³/mol. The number of carboxylic acid groups (broad SMARTS) is 1. The smallest absolute Gasteiger partial charge is 0.352 e. The molecule has 0 spiro atoms. The van der Waals surface area contributed by atoms with Gasteiger partial charge in [-0.05, 0) is 33.3 Å². The average Bonchev–Trinajstić information content (AvgIpc) is 2.97. The Bertz CT molecular complexity index is 687. The van der Waals surface area contributed by atoms with Crippen LogP contribution in [0.25, 0.3) is 0 Å².